The van der Waals surface area contributed by atoms with Crippen LogP contribution in [0.15, 0.2) is 60.8 Å². The number of hydrogen-bond donors (Lipinski definition) is 0. The van der Waals surface area contributed by atoms with E-state index in [-0.39, 0.29) is 0 Å². The second-order valence-electron chi connectivity index (χ2n) is 3.89. The average molecular weight is 256 g/mol. The molecule has 0 radical (unpaired) electrons. The van der Waals surface area contributed by atoms with Crippen LogP contribution in [-0.4, -0.2) is 4.98 Å². The largest absolute Gasteiger partial charge is 0.457 e. The van der Waals surface area contributed by atoms with Crippen molar-refractivity contribution >= 4 is 22.5 Å². The molecular formula is C15H10ClNO. The van der Waals surface area contributed by atoms with Crippen LogP contribution in [0.5, 0.6) is 11.5 Å². The summed E-state index contributed by atoms with van der Waals surface area (Å²) in [6, 6.07) is 17.1. The predicted octanol–water partition coefficient (Wildman–Crippen LogP) is 4.68. The predicted molar refractivity (Wildman–Crippen MR) is 73.3 cm³/mol. The molecule has 0 aliphatic carbocycles. The van der Waals surface area contributed by atoms with Gasteiger partial charge in [0.1, 0.15) is 11.5 Å². The Morgan fingerprint density at radius 2 is 1.78 bits per heavy atom. The number of hydrogen-bond acceptors (Lipinski definition) is 2. The fourth-order valence-corrected chi connectivity index (χ4v) is 1.97. The van der Waals surface area contributed by atoms with Gasteiger partial charge in [0.05, 0.1) is 5.52 Å². The molecule has 2 nitrogen and oxygen atoms in total. The highest BCUT2D eigenvalue weighted by Gasteiger charge is 2.04. The van der Waals surface area contributed by atoms with Crippen molar-refractivity contribution in [1.82, 2.24) is 4.98 Å². The number of benzene rings is 2. The third-order valence-electron chi connectivity index (χ3n) is 2.64. The number of para-hydroxylation sites is 1. The van der Waals surface area contributed by atoms with Crippen LogP contribution in [-0.2, 0) is 0 Å². The van der Waals surface area contributed by atoms with Gasteiger partial charge in [0, 0.05) is 16.6 Å². The molecule has 0 bridgehead atoms. The maximum Gasteiger partial charge on any atom is 0.138 e. The number of halogens is 1. The summed E-state index contributed by atoms with van der Waals surface area (Å²) in [6.45, 7) is 0. The van der Waals surface area contributed by atoms with Gasteiger partial charge in [-0.3, -0.25) is 4.98 Å². The summed E-state index contributed by atoms with van der Waals surface area (Å²) in [4.78, 5) is 4.28. The van der Waals surface area contributed by atoms with Crippen molar-refractivity contribution in [2.75, 3.05) is 0 Å². The van der Waals surface area contributed by atoms with E-state index < -0.39 is 0 Å². The number of rotatable bonds is 2. The minimum Gasteiger partial charge on any atom is -0.457 e. The van der Waals surface area contributed by atoms with E-state index >= 15 is 0 Å². The third kappa shape index (κ3) is 2.15. The number of nitrogens with zero attached hydrogens (tertiary/aromatic N) is 1. The summed E-state index contributed by atoms with van der Waals surface area (Å²) < 4.78 is 5.85. The van der Waals surface area contributed by atoms with E-state index in [0.717, 1.165) is 22.4 Å². The fourth-order valence-electron chi connectivity index (χ4n) is 1.80. The molecule has 1 aromatic heterocycles. The molecule has 0 fully saturated rings. The quantitative estimate of drug-likeness (QED) is 0.663. The lowest BCUT2D eigenvalue weighted by Gasteiger charge is -2.08. The smallest absolute Gasteiger partial charge is 0.138 e. The van der Waals surface area contributed by atoms with E-state index in [9.17, 15) is 0 Å². The van der Waals surface area contributed by atoms with E-state index in [1.807, 2.05) is 54.6 Å². The Morgan fingerprint density at radius 3 is 2.61 bits per heavy atom. The Morgan fingerprint density at radius 1 is 0.944 bits per heavy atom. The molecule has 3 rings (SSSR count). The number of aromatic nitrogens is 1. The van der Waals surface area contributed by atoms with Crippen LogP contribution in [0.4, 0.5) is 0 Å². The topological polar surface area (TPSA) is 22.1 Å². The molecule has 88 valence electrons. The number of pyridine rings is 1. The minimum atomic E-state index is 0.673. The molecular weight excluding hydrogens is 246 g/mol. The maximum atomic E-state index is 5.95. The van der Waals surface area contributed by atoms with Gasteiger partial charge in [-0.1, -0.05) is 29.8 Å². The average Bonchev–Trinajstić information content (AvgIpc) is 2.40. The van der Waals surface area contributed by atoms with E-state index in [4.69, 9.17) is 16.3 Å². The van der Waals surface area contributed by atoms with Crippen LogP contribution < -0.4 is 4.74 Å². The first-order valence-corrected chi connectivity index (χ1v) is 5.98. The van der Waals surface area contributed by atoms with Crippen LogP contribution in [0.25, 0.3) is 10.9 Å². The van der Waals surface area contributed by atoms with Crippen LogP contribution >= 0.6 is 11.6 Å². The van der Waals surface area contributed by atoms with Gasteiger partial charge in [0.25, 0.3) is 0 Å². The summed E-state index contributed by atoms with van der Waals surface area (Å²) in [6.07, 6.45) is 1.72. The number of fused-ring (bicyclic) bond motifs is 1. The van der Waals surface area contributed by atoms with Crippen molar-refractivity contribution in [1.29, 1.82) is 0 Å². The summed E-state index contributed by atoms with van der Waals surface area (Å²) in [7, 11) is 0. The standard InChI is InChI=1S/C15H10ClNO/c16-11-6-7-13-14(10-11)17-9-8-15(13)18-12-4-2-1-3-5-12/h1-10H. The molecule has 2 aromatic carbocycles. The molecule has 18 heavy (non-hydrogen) atoms. The highest BCUT2D eigenvalue weighted by molar-refractivity contribution is 6.31. The number of ether oxygens (including phenoxy) is 1. The Bertz CT molecular complexity index is 682. The van der Waals surface area contributed by atoms with Crippen LogP contribution in [0.1, 0.15) is 0 Å². The molecule has 0 N–H and O–H groups in total. The Labute approximate surface area is 110 Å². The van der Waals surface area contributed by atoms with Crippen LogP contribution in [0, 0.1) is 0 Å². The lowest BCUT2D eigenvalue weighted by molar-refractivity contribution is 0.488. The van der Waals surface area contributed by atoms with Crippen LogP contribution in [0.2, 0.25) is 5.02 Å². The van der Waals surface area contributed by atoms with Crippen molar-refractivity contribution in [3.05, 3.63) is 65.8 Å². The molecule has 0 saturated carbocycles. The van der Waals surface area contributed by atoms with Crippen LogP contribution in [0.3, 0.4) is 0 Å². The molecule has 0 atom stereocenters. The summed E-state index contributed by atoms with van der Waals surface area (Å²) in [5.41, 5.74) is 0.830. The Balaban J connectivity index is 2.07. The van der Waals surface area contributed by atoms with Gasteiger partial charge in [-0.2, -0.15) is 0 Å². The SMILES string of the molecule is Clc1ccc2c(Oc3ccccc3)ccnc2c1. The van der Waals surface area contributed by atoms with Crippen molar-refractivity contribution in [3.63, 3.8) is 0 Å². The Kier molecular flexibility index (Phi) is 2.87. The van der Waals surface area contributed by atoms with Gasteiger partial charge >= 0.3 is 0 Å². The van der Waals surface area contributed by atoms with E-state index in [1.165, 1.54) is 0 Å². The molecule has 0 unspecified atom stereocenters. The van der Waals surface area contributed by atoms with Gasteiger partial charge in [0.15, 0.2) is 0 Å². The summed E-state index contributed by atoms with van der Waals surface area (Å²) in [5, 5.41) is 1.62. The molecule has 0 saturated heterocycles. The zero-order chi connectivity index (χ0) is 12.4. The zero-order valence-corrected chi connectivity index (χ0v) is 10.3. The van der Waals surface area contributed by atoms with Crippen molar-refractivity contribution < 1.29 is 4.74 Å². The van der Waals surface area contributed by atoms with Gasteiger partial charge in [-0.05, 0) is 36.4 Å². The third-order valence-corrected chi connectivity index (χ3v) is 2.87. The van der Waals surface area contributed by atoms with E-state index in [2.05, 4.69) is 4.98 Å². The molecule has 0 aliphatic rings. The monoisotopic (exact) mass is 255 g/mol. The first-order valence-electron chi connectivity index (χ1n) is 5.60. The van der Waals surface area contributed by atoms with Crippen molar-refractivity contribution in [2.45, 2.75) is 0 Å². The molecule has 1 heterocycles. The molecule has 3 heteroatoms. The van der Waals surface area contributed by atoms with Gasteiger partial charge < -0.3 is 4.74 Å². The van der Waals surface area contributed by atoms with Gasteiger partial charge in [-0.25, -0.2) is 0 Å². The normalized spacial score (nSPS) is 10.5. The molecule has 0 spiro atoms. The minimum absolute atomic E-state index is 0.673. The Hall–Kier alpha value is -2.06. The van der Waals surface area contributed by atoms with Gasteiger partial charge in [0.2, 0.25) is 0 Å². The highest BCUT2D eigenvalue weighted by atomic mass is 35.5. The lowest BCUT2D eigenvalue weighted by atomic mass is 10.2. The van der Waals surface area contributed by atoms with E-state index in [0.29, 0.717) is 5.02 Å². The lowest BCUT2D eigenvalue weighted by Crippen LogP contribution is -1.87. The van der Waals surface area contributed by atoms with Gasteiger partial charge in [-0.15, -0.1) is 0 Å². The van der Waals surface area contributed by atoms with Crippen molar-refractivity contribution in [3.8, 4) is 11.5 Å². The second-order valence-corrected chi connectivity index (χ2v) is 4.32. The van der Waals surface area contributed by atoms with Crippen molar-refractivity contribution in [2.24, 2.45) is 0 Å². The summed E-state index contributed by atoms with van der Waals surface area (Å²) >= 11 is 5.95. The fraction of sp³-hybridized carbons (Fsp3) is 0. The first kappa shape index (κ1) is 11.1. The molecule has 0 amide bonds. The summed E-state index contributed by atoms with van der Waals surface area (Å²) in [5.74, 6) is 1.59. The maximum absolute atomic E-state index is 5.95. The van der Waals surface area contributed by atoms with E-state index in [1.54, 1.807) is 6.20 Å². The molecule has 3 aromatic rings. The zero-order valence-electron chi connectivity index (χ0n) is 9.51. The first-order chi connectivity index (χ1) is 8.83. The molecule has 0 aliphatic heterocycles. The second kappa shape index (κ2) is 4.67. The highest BCUT2D eigenvalue weighted by Crippen LogP contribution is 2.29.